The molecule has 0 amide bonds. The molecule has 9 nitrogen and oxygen atoms in total. The lowest BCUT2D eigenvalue weighted by molar-refractivity contribution is 0.0965. The number of nitrogens with one attached hydrogen (secondary N) is 2. The Morgan fingerprint density at radius 1 is 1.36 bits per heavy atom. The van der Waals surface area contributed by atoms with E-state index in [0.29, 0.717) is 19.1 Å². The van der Waals surface area contributed by atoms with Crippen LogP contribution >= 0.6 is 0 Å². The summed E-state index contributed by atoms with van der Waals surface area (Å²) in [5.74, 6) is 1.49. The first-order valence-corrected chi connectivity index (χ1v) is 8.18. The van der Waals surface area contributed by atoms with Gasteiger partial charge in [0, 0.05) is 52.7 Å². The lowest BCUT2D eigenvalue weighted by atomic mass is 10.2. The van der Waals surface area contributed by atoms with Crippen molar-refractivity contribution in [2.24, 2.45) is 0 Å². The summed E-state index contributed by atoms with van der Waals surface area (Å²) in [7, 11) is 5.18. The van der Waals surface area contributed by atoms with Crippen molar-refractivity contribution in [2.75, 3.05) is 44.6 Å². The second kappa shape index (κ2) is 8.24. The van der Waals surface area contributed by atoms with Crippen molar-refractivity contribution >= 4 is 11.8 Å². The van der Waals surface area contributed by atoms with Gasteiger partial charge in [0.2, 0.25) is 5.95 Å². The van der Waals surface area contributed by atoms with Crippen LogP contribution in [0.25, 0.3) is 0 Å². The highest BCUT2D eigenvalue weighted by molar-refractivity contribution is 5.44. The van der Waals surface area contributed by atoms with Gasteiger partial charge in [-0.3, -0.25) is 0 Å². The van der Waals surface area contributed by atoms with E-state index in [2.05, 4.69) is 30.7 Å². The van der Waals surface area contributed by atoms with Crippen molar-refractivity contribution in [2.45, 2.75) is 25.3 Å². The monoisotopic (exact) mass is 348 g/mol. The summed E-state index contributed by atoms with van der Waals surface area (Å²) in [5, 5.41) is 10.5. The largest absolute Gasteiger partial charge is 0.378 e. The molecule has 25 heavy (non-hydrogen) atoms. The quantitative estimate of drug-likeness (QED) is 0.712. The molecule has 1 fully saturated rings. The molecule has 0 spiro atoms. The first kappa shape index (κ1) is 17.6. The maximum atomic E-state index is 5.65. The molecule has 3 heterocycles. The van der Waals surface area contributed by atoms with Crippen LogP contribution in [0, 0.1) is 0 Å². The Kier molecular flexibility index (Phi) is 5.79. The molecule has 0 radical (unpaired) electrons. The SMILES string of the molecule is CNc1nccc(N2C[C@H](OC)[C@H](NCc3conc3COC)C2)n1. The summed E-state index contributed by atoms with van der Waals surface area (Å²) >= 11 is 0. The van der Waals surface area contributed by atoms with Gasteiger partial charge >= 0.3 is 0 Å². The standard InChI is InChI=1S/C16H24N6O3/c1-17-16-18-5-4-15(20-16)22-7-12(14(8-22)24-3)19-6-11-9-25-21-13(11)10-23-2/h4-5,9,12,14,19H,6-8,10H2,1-3H3,(H,17,18,20)/t12-,14+/m1/s1. The fourth-order valence-electron chi connectivity index (χ4n) is 2.96. The van der Waals surface area contributed by atoms with E-state index in [-0.39, 0.29) is 12.1 Å². The van der Waals surface area contributed by atoms with Crippen molar-refractivity contribution in [3.63, 3.8) is 0 Å². The first-order chi connectivity index (χ1) is 12.2. The molecule has 1 aliphatic rings. The van der Waals surface area contributed by atoms with Gasteiger partial charge in [-0.15, -0.1) is 0 Å². The van der Waals surface area contributed by atoms with E-state index >= 15 is 0 Å². The van der Waals surface area contributed by atoms with E-state index in [1.807, 2.05) is 13.1 Å². The average Bonchev–Trinajstić information content (AvgIpc) is 3.26. The third-order valence-electron chi connectivity index (χ3n) is 4.32. The zero-order valence-electron chi connectivity index (χ0n) is 14.7. The Bertz CT molecular complexity index is 679. The highest BCUT2D eigenvalue weighted by Crippen LogP contribution is 2.21. The number of nitrogens with zero attached hydrogens (tertiary/aromatic N) is 4. The molecule has 0 unspecified atom stereocenters. The summed E-state index contributed by atoms with van der Waals surface area (Å²) < 4.78 is 15.8. The maximum Gasteiger partial charge on any atom is 0.224 e. The molecule has 0 bridgehead atoms. The molecule has 3 rings (SSSR count). The Morgan fingerprint density at radius 2 is 2.24 bits per heavy atom. The molecule has 0 aliphatic carbocycles. The molecule has 9 heteroatoms. The highest BCUT2D eigenvalue weighted by Gasteiger charge is 2.33. The van der Waals surface area contributed by atoms with Gasteiger partial charge in [-0.25, -0.2) is 4.98 Å². The molecular formula is C16H24N6O3. The third-order valence-corrected chi connectivity index (χ3v) is 4.32. The average molecular weight is 348 g/mol. The van der Waals surface area contributed by atoms with Gasteiger partial charge in [-0.2, -0.15) is 4.98 Å². The van der Waals surface area contributed by atoms with E-state index in [1.165, 1.54) is 0 Å². The van der Waals surface area contributed by atoms with Crippen molar-refractivity contribution in [1.82, 2.24) is 20.4 Å². The van der Waals surface area contributed by atoms with Gasteiger partial charge in [0.25, 0.3) is 0 Å². The minimum absolute atomic E-state index is 0.0683. The topological polar surface area (TPSA) is 97.6 Å². The Hall–Kier alpha value is -2.23. The molecule has 0 saturated carbocycles. The van der Waals surface area contributed by atoms with Crippen molar-refractivity contribution in [1.29, 1.82) is 0 Å². The molecular weight excluding hydrogens is 324 g/mol. The summed E-state index contributed by atoms with van der Waals surface area (Å²) in [6.07, 6.45) is 3.48. The second-order valence-corrected chi connectivity index (χ2v) is 5.87. The molecule has 136 valence electrons. The molecule has 2 atom stereocenters. The Balaban J connectivity index is 1.64. The lowest BCUT2D eigenvalue weighted by Gasteiger charge is -2.18. The van der Waals surface area contributed by atoms with E-state index in [1.54, 1.807) is 26.7 Å². The van der Waals surface area contributed by atoms with Gasteiger partial charge in [-0.1, -0.05) is 5.16 Å². The van der Waals surface area contributed by atoms with E-state index in [4.69, 9.17) is 14.0 Å². The highest BCUT2D eigenvalue weighted by atomic mass is 16.5. The number of hydrogen-bond acceptors (Lipinski definition) is 9. The van der Waals surface area contributed by atoms with Crippen molar-refractivity contribution < 1.29 is 14.0 Å². The lowest BCUT2D eigenvalue weighted by Crippen LogP contribution is -2.39. The van der Waals surface area contributed by atoms with Crippen LogP contribution in [0.5, 0.6) is 0 Å². The number of methoxy groups -OCH3 is 2. The maximum absolute atomic E-state index is 5.65. The Morgan fingerprint density at radius 3 is 3.00 bits per heavy atom. The van der Waals surface area contributed by atoms with Gasteiger partial charge in [0.05, 0.1) is 18.8 Å². The zero-order valence-corrected chi connectivity index (χ0v) is 14.7. The van der Waals surface area contributed by atoms with Crippen molar-refractivity contribution in [3.8, 4) is 0 Å². The fraction of sp³-hybridized carbons (Fsp3) is 0.562. The van der Waals surface area contributed by atoms with Gasteiger partial charge in [-0.05, 0) is 6.07 Å². The summed E-state index contributed by atoms with van der Waals surface area (Å²) in [6, 6.07) is 2.08. The van der Waals surface area contributed by atoms with Gasteiger partial charge in [0.15, 0.2) is 0 Å². The number of rotatable bonds is 8. The van der Waals surface area contributed by atoms with E-state index < -0.39 is 0 Å². The molecule has 0 aromatic carbocycles. The predicted octanol–water partition coefficient (Wildman–Crippen LogP) is 0.646. The van der Waals surface area contributed by atoms with Crippen LogP contribution in [0.4, 0.5) is 11.8 Å². The van der Waals surface area contributed by atoms with Crippen molar-refractivity contribution in [3.05, 3.63) is 29.8 Å². The van der Waals surface area contributed by atoms with E-state index in [0.717, 1.165) is 30.2 Å². The third kappa shape index (κ3) is 4.06. The molecule has 2 aromatic rings. The first-order valence-electron chi connectivity index (χ1n) is 8.18. The minimum atomic E-state index is 0.0683. The smallest absolute Gasteiger partial charge is 0.224 e. The van der Waals surface area contributed by atoms with Crippen LogP contribution in [0.3, 0.4) is 0 Å². The van der Waals surface area contributed by atoms with E-state index in [9.17, 15) is 0 Å². The van der Waals surface area contributed by atoms with Crippen LogP contribution in [0.15, 0.2) is 23.0 Å². The second-order valence-electron chi connectivity index (χ2n) is 5.87. The normalized spacial score (nSPS) is 20.2. The van der Waals surface area contributed by atoms with Crippen LogP contribution in [-0.2, 0) is 22.6 Å². The molecule has 2 N–H and O–H groups in total. The van der Waals surface area contributed by atoms with Gasteiger partial charge in [0.1, 0.15) is 17.8 Å². The number of hydrogen-bond donors (Lipinski definition) is 2. The number of aromatic nitrogens is 3. The minimum Gasteiger partial charge on any atom is -0.378 e. The Labute approximate surface area is 146 Å². The van der Waals surface area contributed by atoms with Crippen LogP contribution in [-0.4, -0.2) is 61.6 Å². The summed E-state index contributed by atoms with van der Waals surface area (Å²) in [6.45, 7) is 2.64. The molecule has 1 saturated heterocycles. The van der Waals surface area contributed by atoms with Crippen LogP contribution in [0.2, 0.25) is 0 Å². The van der Waals surface area contributed by atoms with Gasteiger partial charge < -0.3 is 29.5 Å². The zero-order chi connectivity index (χ0) is 17.6. The number of anilines is 2. The summed E-state index contributed by atoms with van der Waals surface area (Å²) in [5.41, 5.74) is 1.81. The number of ether oxygens (including phenoxy) is 2. The predicted molar refractivity (Wildman–Crippen MR) is 92.4 cm³/mol. The van der Waals surface area contributed by atoms with Crippen LogP contribution in [0.1, 0.15) is 11.3 Å². The van der Waals surface area contributed by atoms with Crippen LogP contribution < -0.4 is 15.5 Å². The fourth-order valence-corrected chi connectivity index (χ4v) is 2.96. The summed E-state index contributed by atoms with van der Waals surface area (Å²) in [4.78, 5) is 10.9. The molecule has 2 aromatic heterocycles. The molecule has 1 aliphatic heterocycles.